The molecule has 0 bridgehead atoms. The lowest BCUT2D eigenvalue weighted by Gasteiger charge is -2.14. The van der Waals surface area contributed by atoms with Crippen molar-refractivity contribution in [1.82, 2.24) is 19.5 Å². The van der Waals surface area contributed by atoms with Gasteiger partial charge in [-0.15, -0.1) is 0 Å². The van der Waals surface area contributed by atoms with Gasteiger partial charge in [-0.1, -0.05) is 170 Å². The fourth-order valence-electron chi connectivity index (χ4n) is 9.64. The monoisotopic (exact) mass is 816 g/mol. The van der Waals surface area contributed by atoms with E-state index >= 15 is 0 Å². The lowest BCUT2D eigenvalue weighted by Crippen LogP contribution is -2.01. The first-order chi connectivity index (χ1) is 31.7. The molecule has 5 nitrogen and oxygen atoms in total. The Morgan fingerprint density at radius 3 is 1.56 bits per heavy atom. The van der Waals surface area contributed by atoms with E-state index < -0.39 is 0 Å². The molecule has 10 aromatic carbocycles. The molecule has 0 amide bonds. The Morgan fingerprint density at radius 1 is 0.312 bits per heavy atom. The first-order valence-corrected chi connectivity index (χ1v) is 21.6. The molecule has 0 saturated carbocycles. The third kappa shape index (κ3) is 5.83. The zero-order valence-electron chi connectivity index (χ0n) is 34.5. The van der Waals surface area contributed by atoms with Crippen molar-refractivity contribution in [3.05, 3.63) is 218 Å². The number of aromatic nitrogens is 4. The summed E-state index contributed by atoms with van der Waals surface area (Å²) >= 11 is 0. The number of fused-ring (bicyclic) bond motifs is 9. The Kier molecular flexibility index (Phi) is 8.15. The summed E-state index contributed by atoms with van der Waals surface area (Å²) in [5.41, 5.74) is 12.0. The van der Waals surface area contributed by atoms with Crippen molar-refractivity contribution in [3.8, 4) is 62.1 Å². The molecule has 0 aliphatic rings. The van der Waals surface area contributed by atoms with Gasteiger partial charge in [-0.05, 0) is 80.9 Å². The van der Waals surface area contributed by atoms with E-state index in [0.717, 1.165) is 88.4 Å². The summed E-state index contributed by atoms with van der Waals surface area (Å²) in [4.78, 5) is 15.8. The normalized spacial score (nSPS) is 11.8. The number of rotatable bonds is 6. The smallest absolute Gasteiger partial charge is 0.164 e. The molecule has 0 N–H and O–H groups in total. The summed E-state index contributed by atoms with van der Waals surface area (Å²) in [6.07, 6.45) is 0. The molecule has 3 aromatic heterocycles. The second kappa shape index (κ2) is 14.5. The molecule has 298 valence electrons. The van der Waals surface area contributed by atoms with E-state index in [0.29, 0.717) is 17.5 Å². The van der Waals surface area contributed by atoms with E-state index in [2.05, 4.69) is 187 Å². The number of para-hydroxylation sites is 1. The van der Waals surface area contributed by atoms with Crippen LogP contribution in [0.25, 0.3) is 127 Å². The first kappa shape index (κ1) is 36.0. The predicted octanol–water partition coefficient (Wildman–Crippen LogP) is 15.5. The Hall–Kier alpha value is -8.67. The third-order valence-electron chi connectivity index (χ3n) is 12.6. The largest absolute Gasteiger partial charge is 0.456 e. The van der Waals surface area contributed by atoms with E-state index in [1.165, 1.54) is 21.5 Å². The minimum atomic E-state index is 0.575. The molecule has 0 fully saturated rings. The Bertz CT molecular complexity index is 3890. The van der Waals surface area contributed by atoms with E-state index in [1.807, 2.05) is 36.4 Å². The van der Waals surface area contributed by atoms with Gasteiger partial charge in [0.1, 0.15) is 11.2 Å². The van der Waals surface area contributed by atoms with Crippen LogP contribution in [-0.2, 0) is 0 Å². The average molecular weight is 817 g/mol. The highest BCUT2D eigenvalue weighted by atomic mass is 16.3. The number of hydrogen-bond donors (Lipinski definition) is 0. The lowest BCUT2D eigenvalue weighted by molar-refractivity contribution is 0.669. The molecule has 0 radical (unpaired) electrons. The molecule has 0 saturated heterocycles. The zero-order valence-corrected chi connectivity index (χ0v) is 34.5. The van der Waals surface area contributed by atoms with E-state index in [-0.39, 0.29) is 0 Å². The number of furan rings is 1. The van der Waals surface area contributed by atoms with E-state index in [1.54, 1.807) is 0 Å². The third-order valence-corrected chi connectivity index (χ3v) is 12.6. The van der Waals surface area contributed by atoms with Crippen molar-refractivity contribution in [2.75, 3.05) is 0 Å². The van der Waals surface area contributed by atoms with Crippen molar-refractivity contribution in [2.45, 2.75) is 0 Å². The maximum atomic E-state index is 6.93. The van der Waals surface area contributed by atoms with Crippen molar-refractivity contribution in [3.63, 3.8) is 0 Å². The zero-order chi connectivity index (χ0) is 42.1. The van der Waals surface area contributed by atoms with Gasteiger partial charge < -0.3 is 8.98 Å². The Labute approximate surface area is 368 Å². The lowest BCUT2D eigenvalue weighted by atomic mass is 9.95. The highest BCUT2D eigenvalue weighted by molar-refractivity contribution is 6.25. The predicted molar refractivity (Wildman–Crippen MR) is 264 cm³/mol. The van der Waals surface area contributed by atoms with Gasteiger partial charge >= 0.3 is 0 Å². The van der Waals surface area contributed by atoms with Gasteiger partial charge in [0, 0.05) is 49.7 Å². The van der Waals surface area contributed by atoms with Crippen LogP contribution in [0.2, 0.25) is 0 Å². The maximum Gasteiger partial charge on any atom is 0.164 e. The molecule has 0 unspecified atom stereocenters. The topological polar surface area (TPSA) is 56.7 Å². The second-order valence-electron chi connectivity index (χ2n) is 16.4. The molecule has 64 heavy (non-hydrogen) atoms. The van der Waals surface area contributed by atoms with E-state index in [4.69, 9.17) is 19.4 Å². The van der Waals surface area contributed by atoms with Crippen LogP contribution in [0.15, 0.2) is 223 Å². The molecule has 13 rings (SSSR count). The van der Waals surface area contributed by atoms with Crippen LogP contribution < -0.4 is 0 Å². The van der Waals surface area contributed by atoms with Crippen LogP contribution in [0.3, 0.4) is 0 Å². The quantitative estimate of drug-likeness (QED) is 0.168. The minimum absolute atomic E-state index is 0.575. The summed E-state index contributed by atoms with van der Waals surface area (Å²) in [6, 6.07) is 76.8. The van der Waals surface area contributed by atoms with Crippen molar-refractivity contribution in [1.29, 1.82) is 0 Å². The van der Waals surface area contributed by atoms with Gasteiger partial charge in [0.2, 0.25) is 0 Å². The number of nitrogens with zero attached hydrogens (tertiary/aromatic N) is 4. The Balaban J connectivity index is 1.07. The highest BCUT2D eigenvalue weighted by Gasteiger charge is 2.23. The summed E-state index contributed by atoms with van der Waals surface area (Å²) < 4.78 is 9.34. The summed E-state index contributed by atoms with van der Waals surface area (Å²) in [6.45, 7) is 0. The van der Waals surface area contributed by atoms with Crippen LogP contribution in [0.4, 0.5) is 0 Å². The molecule has 0 spiro atoms. The van der Waals surface area contributed by atoms with E-state index in [9.17, 15) is 0 Å². The van der Waals surface area contributed by atoms with Gasteiger partial charge in [-0.3, -0.25) is 0 Å². The second-order valence-corrected chi connectivity index (χ2v) is 16.4. The van der Waals surface area contributed by atoms with Crippen LogP contribution >= 0.6 is 0 Å². The Morgan fingerprint density at radius 2 is 0.859 bits per heavy atom. The number of benzene rings is 10. The standard InChI is InChI=1S/C59H36N4O/c1-4-17-37(18-5-1)42-31-43(38-19-6-2-7-20-38)33-44(32-42)58-60-57(39-21-8-3-9-22-39)61-59(62-58)48-28-16-30-53-56(48)55-47-27-13-12-25-45(47)52(36-54(55)64-53)63-50-29-15-14-26-46(50)49-34-40-23-10-11-24-41(40)35-51(49)63/h1-36H. The van der Waals surface area contributed by atoms with Crippen LogP contribution in [0.1, 0.15) is 0 Å². The molecular formula is C59H36N4O. The number of hydrogen-bond acceptors (Lipinski definition) is 4. The molecule has 13 aromatic rings. The van der Waals surface area contributed by atoms with Gasteiger partial charge in [-0.2, -0.15) is 0 Å². The summed E-state index contributed by atoms with van der Waals surface area (Å²) in [5, 5.41) is 9.06. The van der Waals surface area contributed by atoms with Crippen molar-refractivity contribution in [2.24, 2.45) is 0 Å². The fourth-order valence-corrected chi connectivity index (χ4v) is 9.64. The highest BCUT2D eigenvalue weighted by Crippen LogP contribution is 2.44. The molecule has 0 aliphatic carbocycles. The van der Waals surface area contributed by atoms with Gasteiger partial charge in [0.15, 0.2) is 17.5 Å². The average Bonchev–Trinajstić information content (AvgIpc) is 3.91. The van der Waals surface area contributed by atoms with Crippen molar-refractivity contribution >= 4 is 65.3 Å². The van der Waals surface area contributed by atoms with Gasteiger partial charge in [-0.25, -0.2) is 15.0 Å². The molecule has 0 atom stereocenters. The SMILES string of the molecule is c1ccc(-c2cc(-c3ccccc3)cc(-c3nc(-c4ccccc4)nc(-c4cccc5oc6cc(-n7c8ccccc8c8cc9ccccc9cc87)c7ccccc7c6c45)n3)c2)cc1. The summed E-state index contributed by atoms with van der Waals surface area (Å²) in [7, 11) is 0. The molecule has 5 heteroatoms. The van der Waals surface area contributed by atoms with Gasteiger partial charge in [0.25, 0.3) is 0 Å². The van der Waals surface area contributed by atoms with Crippen LogP contribution in [-0.4, -0.2) is 19.5 Å². The van der Waals surface area contributed by atoms with Crippen molar-refractivity contribution < 1.29 is 4.42 Å². The van der Waals surface area contributed by atoms with Crippen LogP contribution in [0, 0.1) is 0 Å². The maximum absolute atomic E-state index is 6.93. The fraction of sp³-hybridized carbons (Fsp3) is 0. The molecule has 3 heterocycles. The minimum Gasteiger partial charge on any atom is -0.456 e. The van der Waals surface area contributed by atoms with Gasteiger partial charge in [0.05, 0.1) is 16.7 Å². The van der Waals surface area contributed by atoms with Crippen LogP contribution in [0.5, 0.6) is 0 Å². The molecule has 0 aliphatic heterocycles. The summed E-state index contributed by atoms with van der Waals surface area (Å²) in [5.74, 6) is 1.77. The molecular weight excluding hydrogens is 781 g/mol. The first-order valence-electron chi connectivity index (χ1n) is 21.6.